The van der Waals surface area contributed by atoms with Crippen molar-refractivity contribution < 1.29 is 14.3 Å². The summed E-state index contributed by atoms with van der Waals surface area (Å²) >= 11 is 1.40. The maximum atomic E-state index is 12.5. The van der Waals surface area contributed by atoms with Crippen molar-refractivity contribution in [1.82, 2.24) is 20.1 Å². The molecule has 5 rings (SSSR count). The van der Waals surface area contributed by atoms with Gasteiger partial charge in [-0.3, -0.25) is 9.59 Å². The van der Waals surface area contributed by atoms with Gasteiger partial charge in [0.2, 0.25) is 0 Å². The second kappa shape index (κ2) is 7.05. The predicted octanol–water partition coefficient (Wildman–Crippen LogP) is 3.43. The van der Waals surface area contributed by atoms with Crippen molar-refractivity contribution in [1.29, 1.82) is 0 Å². The van der Waals surface area contributed by atoms with E-state index < -0.39 is 0 Å². The van der Waals surface area contributed by atoms with Crippen molar-refractivity contribution in [2.45, 2.75) is 25.8 Å². The fourth-order valence-electron chi connectivity index (χ4n) is 3.86. The molecule has 0 saturated carbocycles. The van der Waals surface area contributed by atoms with E-state index in [2.05, 4.69) is 21.9 Å². The first kappa shape index (κ1) is 19.5. The van der Waals surface area contributed by atoms with Gasteiger partial charge in [0.05, 0.1) is 24.1 Å². The van der Waals surface area contributed by atoms with Crippen LogP contribution in [0.1, 0.15) is 34.0 Å². The van der Waals surface area contributed by atoms with Gasteiger partial charge >= 0.3 is 0 Å². The van der Waals surface area contributed by atoms with Gasteiger partial charge in [0.25, 0.3) is 11.8 Å². The number of nitrogens with one attached hydrogen (secondary N) is 1. The molecule has 1 N–H and O–H groups in total. The first-order valence-corrected chi connectivity index (χ1v) is 10.7. The third-order valence-corrected chi connectivity index (χ3v) is 6.44. The molecule has 0 atom stereocenters. The Hall–Kier alpha value is -3.46. The van der Waals surface area contributed by atoms with E-state index in [-0.39, 0.29) is 17.4 Å². The van der Waals surface area contributed by atoms with Crippen molar-refractivity contribution >= 4 is 34.0 Å². The number of thiazole rings is 1. The zero-order chi connectivity index (χ0) is 21.8. The van der Waals surface area contributed by atoms with Crippen molar-refractivity contribution in [3.05, 3.63) is 53.8 Å². The Morgan fingerprint density at radius 1 is 1.35 bits per heavy atom. The van der Waals surface area contributed by atoms with Crippen LogP contribution in [0, 0.1) is 0 Å². The number of carbonyl (C=O) groups excluding carboxylic acids is 2. The Morgan fingerprint density at radius 2 is 2.19 bits per heavy atom. The number of hydrogen-bond acceptors (Lipinski definition) is 7. The van der Waals surface area contributed by atoms with Crippen molar-refractivity contribution in [3.63, 3.8) is 0 Å². The number of anilines is 2. The zero-order valence-corrected chi connectivity index (χ0v) is 18.0. The van der Waals surface area contributed by atoms with Crippen molar-refractivity contribution in [3.8, 4) is 16.9 Å². The zero-order valence-electron chi connectivity index (χ0n) is 17.2. The predicted molar refractivity (Wildman–Crippen MR) is 118 cm³/mol. The number of amides is 1. The molecule has 9 heteroatoms. The molecule has 4 heterocycles. The fraction of sp³-hybridized carbons (Fsp3) is 0.273. The molecule has 0 bridgehead atoms. The summed E-state index contributed by atoms with van der Waals surface area (Å²) in [7, 11) is 0. The molecule has 0 saturated heterocycles. The molecule has 0 unspecified atom stereocenters. The molecular formula is C22H21N5O3S. The van der Waals surface area contributed by atoms with E-state index in [1.807, 2.05) is 32.0 Å². The minimum absolute atomic E-state index is 0.0727. The number of ether oxygens (including phenoxy) is 1. The van der Waals surface area contributed by atoms with Crippen molar-refractivity contribution in [2.75, 3.05) is 18.1 Å². The lowest BCUT2D eigenvalue weighted by Crippen LogP contribution is -2.48. The Labute approximate surface area is 183 Å². The average Bonchev–Trinajstić information content (AvgIpc) is 3.39. The summed E-state index contributed by atoms with van der Waals surface area (Å²) < 4.78 is 7.11. The topological polar surface area (TPSA) is 89.4 Å². The van der Waals surface area contributed by atoms with E-state index >= 15 is 0 Å². The van der Waals surface area contributed by atoms with Gasteiger partial charge in [-0.2, -0.15) is 5.10 Å². The van der Waals surface area contributed by atoms with Crippen LogP contribution < -0.4 is 15.0 Å². The second-order valence-electron chi connectivity index (χ2n) is 8.19. The molecule has 0 fully saturated rings. The number of allylic oxidation sites excluding steroid dienone is 1. The van der Waals surface area contributed by atoms with E-state index in [0.29, 0.717) is 24.4 Å². The normalized spacial score (nSPS) is 16.7. The Bertz CT molecular complexity index is 1230. The highest BCUT2D eigenvalue weighted by Gasteiger charge is 2.34. The summed E-state index contributed by atoms with van der Waals surface area (Å²) in [4.78, 5) is 31.9. The monoisotopic (exact) mass is 435 g/mol. The molecule has 2 aliphatic rings. The lowest BCUT2D eigenvalue weighted by molar-refractivity contribution is 0.0899. The van der Waals surface area contributed by atoms with Gasteiger partial charge in [0.15, 0.2) is 5.13 Å². The molecule has 2 aliphatic heterocycles. The fourth-order valence-corrected chi connectivity index (χ4v) is 4.88. The molecule has 31 heavy (non-hydrogen) atoms. The minimum Gasteiger partial charge on any atom is -0.490 e. The molecule has 158 valence electrons. The Morgan fingerprint density at radius 3 is 3.00 bits per heavy atom. The maximum Gasteiger partial charge on any atom is 0.270 e. The highest BCUT2D eigenvalue weighted by Crippen LogP contribution is 2.42. The standard InChI is InChI=1S/C22H21N5O3S/c1-4-18(28)27-12-14(11-23-27)13-5-6-17-16(9-13)26(7-8-30-17)21-24-15-10-22(2,3)25-20(29)19(15)31-21/h4-6,9,11-12H,1,7-8,10H2,2-3H3,(H,25,29). The maximum absolute atomic E-state index is 12.5. The van der Waals surface area contributed by atoms with Crippen LogP contribution in [-0.2, 0) is 6.42 Å². The molecule has 1 aromatic carbocycles. The summed E-state index contributed by atoms with van der Waals surface area (Å²) in [5.41, 5.74) is 3.11. The molecule has 3 aromatic rings. The second-order valence-corrected chi connectivity index (χ2v) is 9.16. The number of benzene rings is 1. The number of rotatable bonds is 3. The van der Waals surface area contributed by atoms with Gasteiger partial charge in [0.1, 0.15) is 17.2 Å². The van der Waals surface area contributed by atoms with Gasteiger partial charge in [-0.1, -0.05) is 24.0 Å². The molecule has 0 aliphatic carbocycles. The van der Waals surface area contributed by atoms with E-state index in [1.165, 1.54) is 22.1 Å². The minimum atomic E-state index is -0.311. The SMILES string of the molecule is C=CC(=O)n1cc(-c2ccc3c(c2)N(c2nc4c(s2)C(=O)NC(C)(C)C4)CCO3)cn1. The average molecular weight is 436 g/mol. The van der Waals surface area contributed by atoms with Gasteiger partial charge in [-0.05, 0) is 37.6 Å². The van der Waals surface area contributed by atoms with Crippen LogP contribution in [0.4, 0.5) is 10.8 Å². The quantitative estimate of drug-likeness (QED) is 0.634. The van der Waals surface area contributed by atoms with Crippen LogP contribution in [0.15, 0.2) is 43.2 Å². The van der Waals surface area contributed by atoms with Crippen LogP contribution >= 0.6 is 11.3 Å². The summed E-state index contributed by atoms with van der Waals surface area (Å²) in [5, 5.41) is 7.93. The highest BCUT2D eigenvalue weighted by atomic mass is 32.1. The largest absolute Gasteiger partial charge is 0.490 e. The lowest BCUT2D eigenvalue weighted by atomic mass is 9.94. The van der Waals surface area contributed by atoms with Gasteiger partial charge in [-0.15, -0.1) is 0 Å². The summed E-state index contributed by atoms with van der Waals surface area (Å²) in [5.74, 6) is 0.391. The number of hydrogen-bond donors (Lipinski definition) is 1. The number of nitrogens with zero attached hydrogens (tertiary/aromatic N) is 4. The van der Waals surface area contributed by atoms with E-state index in [1.54, 1.807) is 12.4 Å². The number of fused-ring (bicyclic) bond motifs is 2. The smallest absolute Gasteiger partial charge is 0.270 e. The molecule has 0 radical (unpaired) electrons. The third kappa shape index (κ3) is 3.40. The van der Waals surface area contributed by atoms with Crippen LogP contribution in [0.2, 0.25) is 0 Å². The molecule has 0 spiro atoms. The van der Waals surface area contributed by atoms with Crippen LogP contribution in [0.25, 0.3) is 11.1 Å². The Kier molecular flexibility index (Phi) is 4.44. The lowest BCUT2D eigenvalue weighted by Gasteiger charge is -2.29. The molecule has 2 aromatic heterocycles. The Balaban J connectivity index is 1.53. The summed E-state index contributed by atoms with van der Waals surface area (Å²) in [6.45, 7) is 8.65. The van der Waals surface area contributed by atoms with E-state index in [9.17, 15) is 9.59 Å². The van der Waals surface area contributed by atoms with Crippen LogP contribution in [0.5, 0.6) is 5.75 Å². The first-order valence-electron chi connectivity index (χ1n) is 9.93. The van der Waals surface area contributed by atoms with Gasteiger partial charge in [-0.25, -0.2) is 9.67 Å². The highest BCUT2D eigenvalue weighted by molar-refractivity contribution is 7.17. The summed E-state index contributed by atoms with van der Waals surface area (Å²) in [6, 6.07) is 5.84. The first-order chi connectivity index (χ1) is 14.8. The van der Waals surface area contributed by atoms with Crippen LogP contribution in [0.3, 0.4) is 0 Å². The van der Waals surface area contributed by atoms with Crippen LogP contribution in [-0.4, -0.2) is 45.3 Å². The number of aromatic nitrogens is 3. The van der Waals surface area contributed by atoms with E-state index in [0.717, 1.165) is 33.4 Å². The molecule has 1 amide bonds. The summed E-state index contributed by atoms with van der Waals surface area (Å²) in [6.07, 6.45) is 5.24. The van der Waals surface area contributed by atoms with Crippen molar-refractivity contribution in [2.24, 2.45) is 0 Å². The third-order valence-electron chi connectivity index (χ3n) is 5.32. The molecular weight excluding hydrogens is 414 g/mol. The molecule has 8 nitrogen and oxygen atoms in total. The van der Waals surface area contributed by atoms with E-state index in [4.69, 9.17) is 9.72 Å². The van der Waals surface area contributed by atoms with Gasteiger partial charge < -0.3 is 15.0 Å². The number of carbonyl (C=O) groups is 2. The van der Waals surface area contributed by atoms with Gasteiger partial charge in [0, 0.05) is 23.7 Å².